The van der Waals surface area contributed by atoms with Crippen molar-refractivity contribution >= 4 is 0 Å². The SMILES string of the molecule is C[C@@H](N)Cc1ccc(OC(F)F)cc1F. The van der Waals surface area contributed by atoms with Gasteiger partial charge in [-0.2, -0.15) is 8.78 Å². The van der Waals surface area contributed by atoms with Crippen molar-refractivity contribution in [1.82, 2.24) is 0 Å². The molecule has 2 N–H and O–H groups in total. The van der Waals surface area contributed by atoms with Crippen LogP contribution in [0, 0.1) is 5.82 Å². The van der Waals surface area contributed by atoms with Crippen LogP contribution >= 0.6 is 0 Å². The molecule has 0 bridgehead atoms. The number of alkyl halides is 2. The first-order valence-corrected chi connectivity index (χ1v) is 4.48. The average Bonchev–Trinajstić information content (AvgIpc) is 2.08. The maximum absolute atomic E-state index is 13.3. The first-order valence-electron chi connectivity index (χ1n) is 4.48. The number of nitrogens with two attached hydrogens (primary N) is 1. The highest BCUT2D eigenvalue weighted by Crippen LogP contribution is 2.19. The fourth-order valence-electron chi connectivity index (χ4n) is 1.22. The fourth-order valence-corrected chi connectivity index (χ4v) is 1.22. The highest BCUT2D eigenvalue weighted by Gasteiger charge is 2.09. The quantitative estimate of drug-likeness (QED) is 0.843. The summed E-state index contributed by atoms with van der Waals surface area (Å²) in [6.45, 7) is -1.20. The van der Waals surface area contributed by atoms with Crippen molar-refractivity contribution in [1.29, 1.82) is 0 Å². The van der Waals surface area contributed by atoms with Gasteiger partial charge in [0.15, 0.2) is 0 Å². The van der Waals surface area contributed by atoms with E-state index in [-0.39, 0.29) is 11.8 Å². The molecular weight excluding hydrogens is 207 g/mol. The summed E-state index contributed by atoms with van der Waals surface area (Å²) in [5.74, 6) is -0.763. The third-order valence-electron chi connectivity index (χ3n) is 1.79. The van der Waals surface area contributed by atoms with Crippen LogP contribution in [0.25, 0.3) is 0 Å². The maximum atomic E-state index is 13.3. The van der Waals surface area contributed by atoms with Crippen molar-refractivity contribution in [3.8, 4) is 5.75 Å². The van der Waals surface area contributed by atoms with Crippen molar-refractivity contribution in [2.45, 2.75) is 26.0 Å². The smallest absolute Gasteiger partial charge is 0.387 e. The molecule has 0 saturated heterocycles. The highest BCUT2D eigenvalue weighted by atomic mass is 19.3. The molecule has 5 heteroatoms. The summed E-state index contributed by atoms with van der Waals surface area (Å²) in [4.78, 5) is 0. The molecule has 0 saturated carbocycles. The lowest BCUT2D eigenvalue weighted by Crippen LogP contribution is -2.18. The predicted molar refractivity (Wildman–Crippen MR) is 50.4 cm³/mol. The summed E-state index contributed by atoms with van der Waals surface area (Å²) in [7, 11) is 0. The Labute approximate surface area is 85.8 Å². The molecule has 0 amide bonds. The second-order valence-corrected chi connectivity index (χ2v) is 3.31. The zero-order chi connectivity index (χ0) is 11.4. The number of rotatable bonds is 4. The number of benzene rings is 1. The minimum atomic E-state index is -2.94. The molecule has 1 atom stereocenters. The molecule has 0 unspecified atom stereocenters. The number of hydrogen-bond donors (Lipinski definition) is 1. The van der Waals surface area contributed by atoms with Crippen LogP contribution in [0.1, 0.15) is 12.5 Å². The summed E-state index contributed by atoms with van der Waals surface area (Å²) in [6, 6.07) is 3.45. The molecule has 0 radical (unpaired) electrons. The third kappa shape index (κ3) is 3.79. The Kier molecular flexibility index (Phi) is 3.96. The Balaban J connectivity index is 2.78. The molecule has 84 valence electrons. The zero-order valence-electron chi connectivity index (χ0n) is 8.21. The van der Waals surface area contributed by atoms with Crippen LogP contribution in [-0.4, -0.2) is 12.7 Å². The van der Waals surface area contributed by atoms with Gasteiger partial charge in [0.05, 0.1) is 0 Å². The highest BCUT2D eigenvalue weighted by molar-refractivity contribution is 5.29. The van der Waals surface area contributed by atoms with Gasteiger partial charge in [0.25, 0.3) is 0 Å². The molecule has 1 rings (SSSR count). The van der Waals surface area contributed by atoms with Crippen LogP contribution in [0.4, 0.5) is 13.2 Å². The minimum Gasteiger partial charge on any atom is -0.435 e. The monoisotopic (exact) mass is 219 g/mol. The number of ether oxygens (including phenoxy) is 1. The maximum Gasteiger partial charge on any atom is 0.387 e. The molecule has 2 nitrogen and oxygen atoms in total. The Morgan fingerprint density at radius 2 is 2.07 bits per heavy atom. The summed E-state index contributed by atoms with van der Waals surface area (Å²) in [6.07, 6.45) is 0.362. The van der Waals surface area contributed by atoms with E-state index in [2.05, 4.69) is 4.74 Å². The van der Waals surface area contributed by atoms with Crippen molar-refractivity contribution in [3.63, 3.8) is 0 Å². The summed E-state index contributed by atoms with van der Waals surface area (Å²) < 4.78 is 40.9. The minimum absolute atomic E-state index is 0.179. The van der Waals surface area contributed by atoms with Crippen molar-refractivity contribution in [3.05, 3.63) is 29.6 Å². The van der Waals surface area contributed by atoms with Crippen molar-refractivity contribution < 1.29 is 17.9 Å². The lowest BCUT2D eigenvalue weighted by atomic mass is 10.1. The lowest BCUT2D eigenvalue weighted by molar-refractivity contribution is -0.0500. The first kappa shape index (κ1) is 11.8. The molecule has 0 fully saturated rings. The molecule has 0 aliphatic carbocycles. The van der Waals surface area contributed by atoms with E-state index in [0.717, 1.165) is 6.07 Å². The molecular formula is C10H12F3NO. The molecule has 1 aromatic rings. The van der Waals surface area contributed by atoms with Gasteiger partial charge in [0.1, 0.15) is 11.6 Å². The van der Waals surface area contributed by atoms with Gasteiger partial charge in [-0.1, -0.05) is 6.07 Å². The van der Waals surface area contributed by atoms with E-state index >= 15 is 0 Å². The second-order valence-electron chi connectivity index (χ2n) is 3.31. The van der Waals surface area contributed by atoms with E-state index in [1.807, 2.05) is 0 Å². The van der Waals surface area contributed by atoms with Crippen LogP contribution < -0.4 is 10.5 Å². The molecule has 0 spiro atoms. The Morgan fingerprint density at radius 1 is 1.40 bits per heavy atom. The van der Waals surface area contributed by atoms with Crippen LogP contribution in [0.5, 0.6) is 5.75 Å². The van der Waals surface area contributed by atoms with Gasteiger partial charge in [0.2, 0.25) is 0 Å². The zero-order valence-corrected chi connectivity index (χ0v) is 8.21. The van der Waals surface area contributed by atoms with E-state index in [1.165, 1.54) is 12.1 Å². The lowest BCUT2D eigenvalue weighted by Gasteiger charge is -2.09. The second kappa shape index (κ2) is 5.02. The molecule has 0 aromatic heterocycles. The molecule has 0 aliphatic heterocycles. The van der Waals surface area contributed by atoms with Gasteiger partial charge in [0, 0.05) is 12.1 Å². The fraction of sp³-hybridized carbons (Fsp3) is 0.400. The normalized spacial score (nSPS) is 12.9. The van der Waals surface area contributed by atoms with Gasteiger partial charge < -0.3 is 10.5 Å². The molecule has 1 aromatic carbocycles. The van der Waals surface area contributed by atoms with Crippen molar-refractivity contribution in [2.24, 2.45) is 5.73 Å². The van der Waals surface area contributed by atoms with Gasteiger partial charge in [-0.3, -0.25) is 0 Å². The van der Waals surface area contributed by atoms with Gasteiger partial charge in [-0.25, -0.2) is 4.39 Å². The summed E-state index contributed by atoms with van der Waals surface area (Å²) in [5.41, 5.74) is 5.89. The van der Waals surface area contributed by atoms with Gasteiger partial charge in [-0.15, -0.1) is 0 Å². The van der Waals surface area contributed by atoms with E-state index in [9.17, 15) is 13.2 Å². The largest absolute Gasteiger partial charge is 0.435 e. The van der Waals surface area contributed by atoms with E-state index in [1.54, 1.807) is 6.92 Å². The molecule has 0 aliphatic rings. The Bertz CT molecular complexity index is 328. The predicted octanol–water partition coefficient (Wildman–Crippen LogP) is 2.32. The van der Waals surface area contributed by atoms with Crippen LogP contribution in [0.3, 0.4) is 0 Å². The topological polar surface area (TPSA) is 35.2 Å². The molecule has 15 heavy (non-hydrogen) atoms. The van der Waals surface area contributed by atoms with Crippen LogP contribution in [0.15, 0.2) is 18.2 Å². The van der Waals surface area contributed by atoms with E-state index < -0.39 is 12.4 Å². The number of halogens is 3. The van der Waals surface area contributed by atoms with E-state index in [0.29, 0.717) is 12.0 Å². The Hall–Kier alpha value is -1.23. The standard InChI is InChI=1S/C10H12F3NO/c1-6(14)4-7-2-3-8(5-9(7)11)15-10(12)13/h2-3,5-6,10H,4,14H2,1H3/t6-/m1/s1. The third-order valence-corrected chi connectivity index (χ3v) is 1.79. The summed E-state index contributed by atoms with van der Waals surface area (Å²) >= 11 is 0. The number of hydrogen-bond acceptors (Lipinski definition) is 2. The first-order chi connectivity index (χ1) is 6.99. The molecule has 0 heterocycles. The van der Waals surface area contributed by atoms with E-state index in [4.69, 9.17) is 5.73 Å². The Morgan fingerprint density at radius 3 is 2.53 bits per heavy atom. The average molecular weight is 219 g/mol. The van der Waals surface area contributed by atoms with Crippen LogP contribution in [-0.2, 0) is 6.42 Å². The van der Waals surface area contributed by atoms with Gasteiger partial charge in [-0.05, 0) is 25.0 Å². The van der Waals surface area contributed by atoms with Crippen LogP contribution in [0.2, 0.25) is 0 Å². The van der Waals surface area contributed by atoms with Crippen molar-refractivity contribution in [2.75, 3.05) is 0 Å². The summed E-state index contributed by atoms with van der Waals surface area (Å²) in [5, 5.41) is 0. The van der Waals surface area contributed by atoms with Gasteiger partial charge >= 0.3 is 6.61 Å².